The van der Waals surface area contributed by atoms with Crippen LogP contribution < -0.4 is 15.4 Å². The maximum atomic E-state index is 11.9. The number of amides is 1. The number of carbonyl (C=O) groups is 1. The number of ether oxygens (including phenoxy) is 1. The molecule has 0 aliphatic heterocycles. The van der Waals surface area contributed by atoms with Gasteiger partial charge in [0.05, 0.1) is 29.7 Å². The molecule has 0 saturated heterocycles. The Hall–Kier alpha value is -3.23. The topological polar surface area (TPSA) is 91.9 Å². The maximum absolute atomic E-state index is 11.9. The van der Waals surface area contributed by atoms with Gasteiger partial charge in [0.15, 0.2) is 0 Å². The highest BCUT2D eigenvalue weighted by atomic mass is 35.5. The number of thiol groups is 1. The molecule has 0 aliphatic rings. The Bertz CT molecular complexity index is 1240. The summed E-state index contributed by atoms with van der Waals surface area (Å²) >= 11 is 10.5. The summed E-state index contributed by atoms with van der Waals surface area (Å²) in [6, 6.07) is 13.2. The largest absolute Gasteiger partial charge is 0.495 e. The molecule has 4 rings (SSSR count). The van der Waals surface area contributed by atoms with E-state index in [4.69, 9.17) is 16.3 Å². The number of anilines is 3. The van der Waals surface area contributed by atoms with E-state index in [-0.39, 0.29) is 5.91 Å². The first kappa shape index (κ1) is 21.0. The first-order chi connectivity index (χ1) is 15.1. The molecule has 0 bridgehead atoms. The van der Waals surface area contributed by atoms with Crippen LogP contribution in [0, 0.1) is 0 Å². The van der Waals surface area contributed by atoms with E-state index in [1.807, 2.05) is 30.5 Å². The predicted octanol–water partition coefficient (Wildman–Crippen LogP) is 5.29. The van der Waals surface area contributed by atoms with Crippen molar-refractivity contribution in [2.24, 2.45) is 0 Å². The van der Waals surface area contributed by atoms with Crippen LogP contribution >= 0.6 is 24.2 Å². The second kappa shape index (κ2) is 9.28. The number of rotatable bonds is 7. The van der Waals surface area contributed by atoms with Crippen LogP contribution in [0.15, 0.2) is 54.9 Å². The zero-order chi connectivity index (χ0) is 21.8. The lowest BCUT2D eigenvalue weighted by molar-refractivity contribution is -0.115. The molecule has 0 fully saturated rings. The van der Waals surface area contributed by atoms with Gasteiger partial charge in [-0.2, -0.15) is 12.6 Å². The molecule has 2 heterocycles. The van der Waals surface area contributed by atoms with Gasteiger partial charge in [0, 0.05) is 34.8 Å². The van der Waals surface area contributed by atoms with Crippen molar-refractivity contribution in [1.82, 2.24) is 15.0 Å². The summed E-state index contributed by atoms with van der Waals surface area (Å²) in [5, 5.41) is 7.45. The first-order valence-corrected chi connectivity index (χ1v) is 10.5. The number of nitrogens with one attached hydrogen (secondary N) is 3. The van der Waals surface area contributed by atoms with Gasteiger partial charge < -0.3 is 20.4 Å². The van der Waals surface area contributed by atoms with Crippen molar-refractivity contribution < 1.29 is 9.53 Å². The lowest BCUT2D eigenvalue weighted by atomic mass is 10.1. The van der Waals surface area contributed by atoms with E-state index < -0.39 is 0 Å². The Kier molecular flexibility index (Phi) is 6.29. The number of halogens is 1. The molecular formula is C22H20ClN5O2S. The number of hydrogen-bond acceptors (Lipinski definition) is 6. The minimum atomic E-state index is -0.115. The highest BCUT2D eigenvalue weighted by Gasteiger charge is 2.14. The smallest absolute Gasteiger partial charge is 0.227 e. The molecule has 3 N–H and O–H groups in total. The lowest BCUT2D eigenvalue weighted by Crippen LogP contribution is -2.12. The lowest BCUT2D eigenvalue weighted by Gasteiger charge is -2.13. The van der Waals surface area contributed by atoms with Crippen molar-refractivity contribution in [2.75, 3.05) is 23.5 Å². The van der Waals surface area contributed by atoms with Gasteiger partial charge in [0.1, 0.15) is 5.75 Å². The van der Waals surface area contributed by atoms with E-state index in [0.717, 1.165) is 16.5 Å². The van der Waals surface area contributed by atoms with Crippen LogP contribution in [0.2, 0.25) is 5.02 Å². The number of benzene rings is 2. The van der Waals surface area contributed by atoms with Gasteiger partial charge >= 0.3 is 0 Å². The fourth-order valence-electron chi connectivity index (χ4n) is 3.21. The number of carbonyl (C=O) groups excluding carboxylic acids is 1. The third-order valence-corrected chi connectivity index (χ3v) is 5.16. The molecule has 0 saturated carbocycles. The second-order valence-corrected chi connectivity index (χ2v) is 7.55. The van der Waals surface area contributed by atoms with E-state index >= 15 is 0 Å². The quantitative estimate of drug-likeness (QED) is 0.285. The predicted molar refractivity (Wildman–Crippen MR) is 128 cm³/mol. The summed E-state index contributed by atoms with van der Waals surface area (Å²) in [4.78, 5) is 24.1. The molecular weight excluding hydrogens is 434 g/mol. The number of para-hydroxylation sites is 1. The second-order valence-electron chi connectivity index (χ2n) is 6.70. The number of H-pyrrole nitrogens is 1. The highest BCUT2D eigenvalue weighted by Crippen LogP contribution is 2.34. The van der Waals surface area contributed by atoms with Crippen LogP contribution in [-0.4, -0.2) is 33.7 Å². The minimum absolute atomic E-state index is 0.115. The summed E-state index contributed by atoms with van der Waals surface area (Å²) in [6.45, 7) is 0. The van der Waals surface area contributed by atoms with Crippen LogP contribution in [0.4, 0.5) is 17.3 Å². The van der Waals surface area contributed by atoms with Crippen molar-refractivity contribution in [1.29, 1.82) is 0 Å². The zero-order valence-corrected chi connectivity index (χ0v) is 18.3. The molecule has 0 atom stereocenters. The standard InChI is InChI=1S/C22H20ClN5O2S/c1-30-19-7-6-13(26-20(29)8-9-31)10-18(19)27-22-25-12-16(23)21(28-22)15-11-24-17-5-3-2-4-14(15)17/h2-7,10-12,24,31H,8-9H2,1H3,(H,26,29)(H,25,27,28). The summed E-state index contributed by atoms with van der Waals surface area (Å²) in [6.07, 6.45) is 3.76. The molecule has 4 aromatic rings. The van der Waals surface area contributed by atoms with E-state index in [2.05, 4.69) is 38.2 Å². The van der Waals surface area contributed by atoms with Gasteiger partial charge in [-0.25, -0.2) is 9.97 Å². The number of nitrogens with zero attached hydrogens (tertiary/aromatic N) is 2. The third-order valence-electron chi connectivity index (χ3n) is 4.66. The van der Waals surface area contributed by atoms with Gasteiger partial charge in [-0.05, 0) is 30.0 Å². The van der Waals surface area contributed by atoms with Crippen molar-refractivity contribution >= 4 is 58.4 Å². The first-order valence-electron chi connectivity index (χ1n) is 9.54. The van der Waals surface area contributed by atoms with Gasteiger partial charge in [-0.15, -0.1) is 0 Å². The third kappa shape index (κ3) is 4.60. The molecule has 9 heteroatoms. The van der Waals surface area contributed by atoms with Crippen LogP contribution in [0.3, 0.4) is 0 Å². The average Bonchev–Trinajstić information content (AvgIpc) is 3.19. The summed E-state index contributed by atoms with van der Waals surface area (Å²) in [7, 11) is 1.57. The molecule has 0 spiro atoms. The normalized spacial score (nSPS) is 10.8. The van der Waals surface area contributed by atoms with Gasteiger partial charge in [-0.1, -0.05) is 29.8 Å². The molecule has 0 radical (unpaired) electrons. The van der Waals surface area contributed by atoms with Gasteiger partial charge in [-0.3, -0.25) is 4.79 Å². The monoisotopic (exact) mass is 453 g/mol. The SMILES string of the molecule is COc1ccc(NC(=O)CCS)cc1Nc1ncc(Cl)c(-c2c[nH]c3ccccc23)n1. The molecule has 2 aromatic heterocycles. The molecule has 0 unspecified atom stereocenters. The number of methoxy groups -OCH3 is 1. The van der Waals surface area contributed by atoms with Crippen LogP contribution in [0.25, 0.3) is 22.2 Å². The molecule has 31 heavy (non-hydrogen) atoms. The molecule has 7 nitrogen and oxygen atoms in total. The minimum Gasteiger partial charge on any atom is -0.495 e. The zero-order valence-electron chi connectivity index (χ0n) is 16.6. The summed E-state index contributed by atoms with van der Waals surface area (Å²) in [5.74, 6) is 1.29. The summed E-state index contributed by atoms with van der Waals surface area (Å²) in [5.41, 5.74) is 3.71. The Morgan fingerprint density at radius 2 is 2.10 bits per heavy atom. The van der Waals surface area contributed by atoms with Crippen molar-refractivity contribution in [3.63, 3.8) is 0 Å². The number of hydrogen-bond donors (Lipinski definition) is 4. The Morgan fingerprint density at radius 1 is 1.26 bits per heavy atom. The summed E-state index contributed by atoms with van der Waals surface area (Å²) < 4.78 is 5.43. The molecule has 0 aliphatic carbocycles. The van der Waals surface area contributed by atoms with E-state index in [0.29, 0.717) is 46.0 Å². The molecule has 158 valence electrons. The highest BCUT2D eigenvalue weighted by molar-refractivity contribution is 7.80. The van der Waals surface area contributed by atoms with Gasteiger partial charge in [0.2, 0.25) is 11.9 Å². The number of aromatic amines is 1. The van der Waals surface area contributed by atoms with Crippen LogP contribution in [0.5, 0.6) is 5.75 Å². The fraction of sp³-hybridized carbons (Fsp3) is 0.136. The fourth-order valence-corrected chi connectivity index (χ4v) is 3.61. The van der Waals surface area contributed by atoms with Crippen molar-refractivity contribution in [2.45, 2.75) is 6.42 Å². The Labute approximate surface area is 189 Å². The maximum Gasteiger partial charge on any atom is 0.227 e. The Balaban J connectivity index is 1.67. The Morgan fingerprint density at radius 3 is 2.90 bits per heavy atom. The van der Waals surface area contributed by atoms with Crippen molar-refractivity contribution in [3.05, 3.63) is 59.9 Å². The van der Waals surface area contributed by atoms with E-state index in [9.17, 15) is 4.79 Å². The average molecular weight is 454 g/mol. The molecule has 2 aromatic carbocycles. The number of aromatic nitrogens is 3. The number of fused-ring (bicyclic) bond motifs is 1. The van der Waals surface area contributed by atoms with E-state index in [1.165, 1.54) is 0 Å². The molecule has 1 amide bonds. The van der Waals surface area contributed by atoms with E-state index in [1.54, 1.807) is 31.5 Å². The van der Waals surface area contributed by atoms with Crippen LogP contribution in [0.1, 0.15) is 6.42 Å². The van der Waals surface area contributed by atoms with Gasteiger partial charge in [0.25, 0.3) is 0 Å². The van der Waals surface area contributed by atoms with Crippen molar-refractivity contribution in [3.8, 4) is 17.0 Å². The van der Waals surface area contributed by atoms with Crippen LogP contribution in [-0.2, 0) is 4.79 Å².